The fourth-order valence-corrected chi connectivity index (χ4v) is 0.621. The average Bonchev–Trinajstić information content (AvgIpc) is 2.30. The van der Waals surface area contributed by atoms with Crippen LogP contribution in [0.1, 0.15) is 0 Å². The van der Waals surface area contributed by atoms with E-state index >= 15 is 0 Å². The van der Waals surface area contributed by atoms with Crippen LogP contribution in [0.25, 0.3) is 0 Å². The van der Waals surface area contributed by atoms with Crippen molar-refractivity contribution in [1.29, 1.82) is 0 Å². The maximum absolute atomic E-state index is 10.8. The van der Waals surface area contributed by atoms with Crippen LogP contribution in [-0.4, -0.2) is 13.1 Å². The standard InChI is InChI=1S/C8H8O3/c1-10-8(9)7-5-3-2-4-6-11-7/h2-6H,1H3. The number of rotatable bonds is 1. The normalized spacial score (nSPS) is 14.8. The maximum atomic E-state index is 10.8. The van der Waals surface area contributed by atoms with E-state index in [9.17, 15) is 4.79 Å². The summed E-state index contributed by atoms with van der Waals surface area (Å²) in [6.45, 7) is 0. The van der Waals surface area contributed by atoms with Crippen molar-refractivity contribution in [2.24, 2.45) is 0 Å². The molecule has 0 bridgehead atoms. The van der Waals surface area contributed by atoms with Gasteiger partial charge in [-0.2, -0.15) is 0 Å². The lowest BCUT2D eigenvalue weighted by Gasteiger charge is -2.00. The first-order valence-electron chi connectivity index (χ1n) is 3.13. The highest BCUT2D eigenvalue weighted by Gasteiger charge is 2.08. The summed E-state index contributed by atoms with van der Waals surface area (Å²) in [6.07, 6.45) is 8.12. The van der Waals surface area contributed by atoms with Crippen LogP contribution >= 0.6 is 0 Å². The Morgan fingerprint density at radius 2 is 2.27 bits per heavy atom. The first kappa shape index (κ1) is 7.60. The second kappa shape index (κ2) is 3.61. The summed E-state index contributed by atoms with van der Waals surface area (Å²) in [5.41, 5.74) is 0. The summed E-state index contributed by atoms with van der Waals surface area (Å²) < 4.78 is 9.34. The number of hydrogen-bond acceptors (Lipinski definition) is 3. The van der Waals surface area contributed by atoms with Gasteiger partial charge in [-0.05, 0) is 12.2 Å². The number of hydrogen-bond donors (Lipinski definition) is 0. The van der Waals surface area contributed by atoms with Crippen molar-refractivity contribution < 1.29 is 14.3 Å². The largest absolute Gasteiger partial charge is 0.463 e. The van der Waals surface area contributed by atoms with Crippen LogP contribution < -0.4 is 0 Å². The molecule has 0 saturated carbocycles. The molecule has 0 fully saturated rings. The van der Waals surface area contributed by atoms with Crippen molar-refractivity contribution in [2.45, 2.75) is 0 Å². The fraction of sp³-hybridized carbons (Fsp3) is 0.125. The van der Waals surface area contributed by atoms with E-state index in [-0.39, 0.29) is 5.76 Å². The van der Waals surface area contributed by atoms with Crippen LogP contribution in [0.2, 0.25) is 0 Å². The third-order valence-corrected chi connectivity index (χ3v) is 1.13. The quantitative estimate of drug-likeness (QED) is 0.528. The Hall–Kier alpha value is -1.51. The zero-order valence-corrected chi connectivity index (χ0v) is 6.11. The molecule has 0 amide bonds. The van der Waals surface area contributed by atoms with Crippen molar-refractivity contribution in [1.82, 2.24) is 0 Å². The van der Waals surface area contributed by atoms with Gasteiger partial charge in [-0.3, -0.25) is 0 Å². The average molecular weight is 152 g/mol. The van der Waals surface area contributed by atoms with E-state index in [0.29, 0.717) is 0 Å². The van der Waals surface area contributed by atoms with Gasteiger partial charge in [0.2, 0.25) is 5.76 Å². The van der Waals surface area contributed by atoms with Crippen molar-refractivity contribution in [3.63, 3.8) is 0 Å². The number of ether oxygens (including phenoxy) is 2. The molecule has 0 aromatic heterocycles. The summed E-state index contributed by atoms with van der Waals surface area (Å²) in [4.78, 5) is 10.8. The van der Waals surface area contributed by atoms with Gasteiger partial charge >= 0.3 is 5.97 Å². The molecule has 0 aliphatic carbocycles. The van der Waals surface area contributed by atoms with Gasteiger partial charge in [-0.1, -0.05) is 12.2 Å². The number of esters is 1. The van der Waals surface area contributed by atoms with E-state index in [4.69, 9.17) is 4.74 Å². The number of carbonyl (C=O) groups is 1. The molecule has 0 N–H and O–H groups in total. The molecular formula is C8H8O3. The van der Waals surface area contributed by atoms with Crippen LogP contribution in [0.5, 0.6) is 0 Å². The summed E-state index contributed by atoms with van der Waals surface area (Å²) in [6, 6.07) is 0. The highest BCUT2D eigenvalue weighted by Crippen LogP contribution is 2.04. The van der Waals surface area contributed by atoms with Crippen molar-refractivity contribution >= 4 is 5.97 Å². The molecule has 3 nitrogen and oxygen atoms in total. The predicted octanol–water partition coefficient (Wildman–Crippen LogP) is 1.14. The molecule has 0 atom stereocenters. The highest BCUT2D eigenvalue weighted by atomic mass is 16.6. The minimum absolute atomic E-state index is 0.192. The second-order valence-corrected chi connectivity index (χ2v) is 1.85. The van der Waals surface area contributed by atoms with E-state index < -0.39 is 5.97 Å². The van der Waals surface area contributed by atoms with Gasteiger partial charge in [-0.25, -0.2) is 4.79 Å². The van der Waals surface area contributed by atoms with Crippen LogP contribution in [0.15, 0.2) is 36.3 Å². The summed E-state index contributed by atoms with van der Waals surface area (Å²) in [7, 11) is 1.31. The van der Waals surface area contributed by atoms with Gasteiger partial charge in [0, 0.05) is 0 Å². The second-order valence-electron chi connectivity index (χ2n) is 1.85. The monoisotopic (exact) mass is 152 g/mol. The molecule has 0 radical (unpaired) electrons. The highest BCUT2D eigenvalue weighted by molar-refractivity contribution is 5.86. The van der Waals surface area contributed by atoms with Gasteiger partial charge in [0.05, 0.1) is 13.4 Å². The molecule has 11 heavy (non-hydrogen) atoms. The Balaban J connectivity index is 2.72. The van der Waals surface area contributed by atoms with E-state index in [1.54, 1.807) is 24.3 Å². The minimum Gasteiger partial charge on any atom is -0.463 e. The number of carbonyl (C=O) groups excluding carboxylic acids is 1. The molecule has 1 heterocycles. The molecule has 58 valence electrons. The lowest BCUT2D eigenvalue weighted by Crippen LogP contribution is -2.05. The Morgan fingerprint density at radius 1 is 1.45 bits per heavy atom. The van der Waals surface area contributed by atoms with Gasteiger partial charge in [0.1, 0.15) is 0 Å². The van der Waals surface area contributed by atoms with Gasteiger partial charge < -0.3 is 9.47 Å². The number of methoxy groups -OCH3 is 1. The third-order valence-electron chi connectivity index (χ3n) is 1.13. The van der Waals surface area contributed by atoms with E-state index in [2.05, 4.69) is 4.74 Å². The topological polar surface area (TPSA) is 35.5 Å². The summed E-state index contributed by atoms with van der Waals surface area (Å²) in [5, 5.41) is 0. The predicted molar refractivity (Wildman–Crippen MR) is 39.5 cm³/mol. The SMILES string of the molecule is COC(=O)C1=CC=CC=CO1. The molecule has 0 aromatic rings. The van der Waals surface area contributed by atoms with Crippen LogP contribution in [0.3, 0.4) is 0 Å². The molecule has 0 saturated heterocycles. The zero-order valence-electron chi connectivity index (χ0n) is 6.11. The first-order valence-corrected chi connectivity index (χ1v) is 3.13. The Morgan fingerprint density at radius 3 is 3.00 bits per heavy atom. The third kappa shape index (κ3) is 1.97. The molecule has 3 heteroatoms. The Kier molecular flexibility index (Phi) is 2.49. The molecule has 0 unspecified atom stereocenters. The van der Waals surface area contributed by atoms with Crippen LogP contribution in [0.4, 0.5) is 0 Å². The molecule has 0 aromatic carbocycles. The van der Waals surface area contributed by atoms with Gasteiger partial charge in [-0.15, -0.1) is 0 Å². The van der Waals surface area contributed by atoms with E-state index in [1.807, 2.05) is 0 Å². The molecule has 0 spiro atoms. The van der Waals surface area contributed by atoms with Crippen LogP contribution in [0, 0.1) is 0 Å². The lowest BCUT2D eigenvalue weighted by molar-refractivity contribution is -0.139. The summed E-state index contributed by atoms with van der Waals surface area (Å²) in [5.74, 6) is -0.279. The molecular weight excluding hydrogens is 144 g/mol. The number of allylic oxidation sites excluding steroid dienone is 4. The van der Waals surface area contributed by atoms with Crippen molar-refractivity contribution in [3.8, 4) is 0 Å². The maximum Gasteiger partial charge on any atom is 0.373 e. The van der Waals surface area contributed by atoms with Crippen LogP contribution in [-0.2, 0) is 14.3 Å². The fourth-order valence-electron chi connectivity index (χ4n) is 0.621. The minimum atomic E-state index is -0.471. The molecule has 1 aliphatic heterocycles. The Bertz CT molecular complexity index is 236. The lowest BCUT2D eigenvalue weighted by atomic mass is 10.4. The first-order chi connectivity index (χ1) is 5.34. The molecule has 1 rings (SSSR count). The van der Waals surface area contributed by atoms with Gasteiger partial charge in [0.25, 0.3) is 0 Å². The smallest absolute Gasteiger partial charge is 0.373 e. The van der Waals surface area contributed by atoms with Gasteiger partial charge in [0.15, 0.2) is 0 Å². The van der Waals surface area contributed by atoms with E-state index in [1.165, 1.54) is 13.4 Å². The van der Waals surface area contributed by atoms with Crippen molar-refractivity contribution in [2.75, 3.05) is 7.11 Å². The Labute approximate surface area is 64.6 Å². The zero-order chi connectivity index (χ0) is 8.10. The molecule has 1 aliphatic rings. The van der Waals surface area contributed by atoms with Crippen molar-refractivity contribution in [3.05, 3.63) is 36.3 Å². The summed E-state index contributed by atoms with van der Waals surface area (Å²) >= 11 is 0. The van der Waals surface area contributed by atoms with E-state index in [0.717, 1.165) is 0 Å².